The minimum absolute atomic E-state index is 0. The van der Waals surface area contributed by atoms with E-state index in [1.807, 2.05) is 62.4 Å². The zero-order chi connectivity index (χ0) is 15.8. The Morgan fingerprint density at radius 1 is 0.783 bits per heavy atom. The van der Waals surface area contributed by atoms with Crippen LogP contribution in [0, 0.1) is 0 Å². The van der Waals surface area contributed by atoms with Crippen molar-refractivity contribution in [3.63, 3.8) is 0 Å². The minimum atomic E-state index is 0. The van der Waals surface area contributed by atoms with E-state index < -0.39 is 0 Å². The molecular weight excluding hydrogens is 336 g/mol. The van der Waals surface area contributed by atoms with E-state index in [-0.39, 0.29) is 37.7 Å². The molecule has 0 saturated heterocycles. The molecule has 0 aromatic heterocycles. The molecule has 0 aliphatic carbocycles. The average molecular weight is 359 g/mol. The van der Waals surface area contributed by atoms with E-state index in [1.54, 1.807) is 0 Å². The topological polar surface area (TPSA) is 42.5 Å². The van der Waals surface area contributed by atoms with Gasteiger partial charge in [-0.15, -0.1) is 0 Å². The van der Waals surface area contributed by atoms with Gasteiger partial charge in [-0.2, -0.15) is 0 Å². The van der Waals surface area contributed by atoms with Crippen LogP contribution >= 0.6 is 12.2 Å². The Bertz CT molecular complexity index is 549. The van der Waals surface area contributed by atoms with Gasteiger partial charge >= 0.3 is 37.7 Å². The molecule has 2 N–H and O–H groups in total. The third-order valence-corrected chi connectivity index (χ3v) is 3.05. The van der Waals surface area contributed by atoms with Crippen LogP contribution in [-0.2, 0) is 0 Å². The molecule has 6 heteroatoms. The Labute approximate surface area is 172 Å². The first-order valence-electron chi connectivity index (χ1n) is 7.25. The summed E-state index contributed by atoms with van der Waals surface area (Å²) in [6, 6.07) is 15.3. The van der Waals surface area contributed by atoms with Crippen LogP contribution in [0.15, 0.2) is 48.5 Å². The van der Waals surface area contributed by atoms with Crippen molar-refractivity contribution in [1.29, 1.82) is 0 Å². The van der Waals surface area contributed by atoms with Crippen molar-refractivity contribution in [2.24, 2.45) is 0 Å². The number of ether oxygens (including phenoxy) is 2. The van der Waals surface area contributed by atoms with E-state index in [2.05, 4.69) is 10.6 Å². The van der Waals surface area contributed by atoms with Crippen LogP contribution in [0.1, 0.15) is 13.8 Å². The van der Waals surface area contributed by atoms with Crippen LogP contribution in [0.25, 0.3) is 0 Å². The fourth-order valence-corrected chi connectivity index (χ4v) is 2.13. The normalized spacial score (nSPS) is 9.48. The van der Waals surface area contributed by atoms with E-state index in [9.17, 15) is 0 Å². The van der Waals surface area contributed by atoms with Gasteiger partial charge in [-0.1, -0.05) is 0 Å². The number of benzene rings is 2. The van der Waals surface area contributed by atoms with Crippen LogP contribution < -0.4 is 20.1 Å². The predicted octanol–water partition coefficient (Wildman–Crippen LogP) is 3.38. The Kier molecular flexibility index (Phi) is 9.33. The molecule has 2 aromatic carbocycles. The van der Waals surface area contributed by atoms with Gasteiger partial charge in [0.05, 0.1) is 13.2 Å². The van der Waals surface area contributed by atoms with Gasteiger partial charge < -0.3 is 20.1 Å². The van der Waals surface area contributed by atoms with Crippen LogP contribution in [0.4, 0.5) is 11.4 Å². The fraction of sp³-hybridized carbons (Fsp3) is 0.235. The van der Waals surface area contributed by atoms with Gasteiger partial charge in [-0.25, -0.2) is 0 Å². The molecule has 2 rings (SSSR count). The molecule has 2 aromatic rings. The third kappa shape index (κ3) is 6.95. The molecular formula is C17H22CaN2O2S. The molecule has 0 amide bonds. The first-order valence-corrected chi connectivity index (χ1v) is 7.65. The van der Waals surface area contributed by atoms with Crippen molar-refractivity contribution < 1.29 is 9.47 Å². The van der Waals surface area contributed by atoms with Crippen LogP contribution in [-0.4, -0.2) is 56.1 Å². The molecule has 0 atom stereocenters. The van der Waals surface area contributed by atoms with Crippen molar-refractivity contribution in [1.82, 2.24) is 0 Å². The van der Waals surface area contributed by atoms with Gasteiger partial charge in [0, 0.05) is 11.4 Å². The Balaban J connectivity index is 0.00000264. The summed E-state index contributed by atoms with van der Waals surface area (Å²) < 4.78 is 10.8. The van der Waals surface area contributed by atoms with E-state index in [0.717, 1.165) is 22.9 Å². The molecule has 0 spiro atoms. The van der Waals surface area contributed by atoms with E-state index in [1.165, 1.54) is 0 Å². The van der Waals surface area contributed by atoms with Crippen molar-refractivity contribution in [3.8, 4) is 11.5 Å². The van der Waals surface area contributed by atoms with Crippen LogP contribution in [0.2, 0.25) is 0 Å². The van der Waals surface area contributed by atoms with E-state index >= 15 is 0 Å². The molecule has 0 heterocycles. The summed E-state index contributed by atoms with van der Waals surface area (Å²) in [5.41, 5.74) is 1.82. The van der Waals surface area contributed by atoms with Gasteiger partial charge in [-0.05, 0) is 74.6 Å². The van der Waals surface area contributed by atoms with Gasteiger partial charge in [0.1, 0.15) is 11.5 Å². The second-order valence-electron chi connectivity index (χ2n) is 4.49. The summed E-state index contributed by atoms with van der Waals surface area (Å²) in [6.07, 6.45) is 0. The van der Waals surface area contributed by atoms with Crippen molar-refractivity contribution in [3.05, 3.63) is 48.5 Å². The van der Waals surface area contributed by atoms with Gasteiger partial charge in [0.15, 0.2) is 5.11 Å². The maximum atomic E-state index is 5.40. The number of hydrogen-bond acceptors (Lipinski definition) is 3. The SMILES string of the molecule is CCOc1ccc(NC(=S)Nc2ccc(OCC)cc2)cc1.[CaH2]. The molecule has 0 bridgehead atoms. The molecule has 0 fully saturated rings. The third-order valence-electron chi connectivity index (χ3n) is 2.85. The Hall–Kier alpha value is -1.01. The number of hydrogen-bond donors (Lipinski definition) is 2. The summed E-state index contributed by atoms with van der Waals surface area (Å²) in [5.74, 6) is 1.69. The molecule has 0 unspecified atom stereocenters. The zero-order valence-electron chi connectivity index (χ0n) is 12.8. The van der Waals surface area contributed by atoms with E-state index in [4.69, 9.17) is 21.7 Å². The fourth-order valence-electron chi connectivity index (χ4n) is 1.90. The summed E-state index contributed by atoms with van der Waals surface area (Å²) in [6.45, 7) is 5.24. The number of rotatable bonds is 6. The standard InChI is InChI=1S/C17H20N2O2S.Ca.2H/c1-3-20-15-9-5-13(6-10-15)18-17(22)19-14-7-11-16(12-8-14)21-4-2;;;/h5-12H,3-4H2,1-2H3,(H2,18,19,22);;;. The number of nitrogens with one attached hydrogen (secondary N) is 2. The van der Waals surface area contributed by atoms with Gasteiger partial charge in [-0.3, -0.25) is 0 Å². The van der Waals surface area contributed by atoms with E-state index in [0.29, 0.717) is 18.3 Å². The van der Waals surface area contributed by atoms with Crippen molar-refractivity contribution in [2.75, 3.05) is 23.8 Å². The first kappa shape index (κ1) is 20.0. The summed E-state index contributed by atoms with van der Waals surface area (Å²) in [5, 5.41) is 6.80. The Morgan fingerprint density at radius 2 is 1.13 bits per heavy atom. The molecule has 23 heavy (non-hydrogen) atoms. The number of anilines is 2. The second-order valence-corrected chi connectivity index (χ2v) is 4.90. The summed E-state index contributed by atoms with van der Waals surface area (Å²) in [4.78, 5) is 0. The second kappa shape index (κ2) is 10.7. The van der Waals surface area contributed by atoms with Gasteiger partial charge in [0.2, 0.25) is 0 Å². The van der Waals surface area contributed by atoms with Crippen LogP contribution in [0.5, 0.6) is 11.5 Å². The number of thiocarbonyl (C=S) groups is 1. The first-order chi connectivity index (χ1) is 10.7. The summed E-state index contributed by atoms with van der Waals surface area (Å²) >= 11 is 5.30. The molecule has 4 nitrogen and oxygen atoms in total. The molecule has 0 aliphatic heterocycles. The average Bonchev–Trinajstić information content (AvgIpc) is 2.52. The quantitative estimate of drug-likeness (QED) is 0.612. The molecule has 0 aliphatic rings. The maximum absolute atomic E-state index is 5.40. The van der Waals surface area contributed by atoms with Crippen molar-refractivity contribution in [2.45, 2.75) is 13.8 Å². The Morgan fingerprint density at radius 3 is 1.43 bits per heavy atom. The van der Waals surface area contributed by atoms with Crippen LogP contribution in [0.3, 0.4) is 0 Å². The zero-order valence-corrected chi connectivity index (χ0v) is 13.6. The monoisotopic (exact) mass is 358 g/mol. The molecule has 120 valence electrons. The van der Waals surface area contributed by atoms with Gasteiger partial charge in [0.25, 0.3) is 0 Å². The molecule has 0 saturated carbocycles. The molecule has 0 radical (unpaired) electrons. The predicted molar refractivity (Wildman–Crippen MR) is 104 cm³/mol. The van der Waals surface area contributed by atoms with Crippen molar-refractivity contribution >= 4 is 66.4 Å². The summed E-state index contributed by atoms with van der Waals surface area (Å²) in [7, 11) is 0.